The van der Waals surface area contributed by atoms with E-state index in [0.717, 1.165) is 35.2 Å². The van der Waals surface area contributed by atoms with Crippen molar-refractivity contribution in [1.82, 2.24) is 4.98 Å². The number of methoxy groups -OCH3 is 2. The van der Waals surface area contributed by atoms with Gasteiger partial charge < -0.3 is 20.1 Å². The molecule has 5 nitrogen and oxygen atoms in total. The first-order chi connectivity index (χ1) is 9.74. The summed E-state index contributed by atoms with van der Waals surface area (Å²) in [6.45, 7) is 1.63. The fourth-order valence-corrected chi connectivity index (χ4v) is 2.87. The summed E-state index contributed by atoms with van der Waals surface area (Å²) in [6, 6.07) is 5.99. The zero-order chi connectivity index (χ0) is 14.1. The van der Waals surface area contributed by atoms with Gasteiger partial charge in [-0.1, -0.05) is 0 Å². The van der Waals surface area contributed by atoms with Gasteiger partial charge in [0.25, 0.3) is 0 Å². The largest absolute Gasteiger partial charge is 0.398 e. The monoisotopic (exact) mass is 273 g/mol. The van der Waals surface area contributed by atoms with E-state index in [1.807, 2.05) is 18.3 Å². The minimum Gasteiger partial charge on any atom is -0.398 e. The van der Waals surface area contributed by atoms with E-state index in [-0.39, 0.29) is 12.2 Å². The number of aromatic nitrogens is 1. The molecule has 3 rings (SSSR count). The van der Waals surface area contributed by atoms with Gasteiger partial charge in [-0.05, 0) is 18.2 Å². The summed E-state index contributed by atoms with van der Waals surface area (Å²) in [5, 5.41) is 2.10. The first-order valence-electron chi connectivity index (χ1n) is 6.67. The van der Waals surface area contributed by atoms with Crippen molar-refractivity contribution in [1.29, 1.82) is 0 Å². The van der Waals surface area contributed by atoms with E-state index >= 15 is 0 Å². The Kier molecular flexibility index (Phi) is 3.46. The number of anilines is 2. The third-order valence-corrected chi connectivity index (χ3v) is 3.99. The van der Waals surface area contributed by atoms with Gasteiger partial charge in [-0.2, -0.15) is 0 Å². The van der Waals surface area contributed by atoms with Crippen molar-refractivity contribution in [3.05, 3.63) is 30.6 Å². The maximum absolute atomic E-state index is 6.02. The quantitative estimate of drug-likeness (QED) is 0.862. The van der Waals surface area contributed by atoms with Crippen LogP contribution in [-0.2, 0) is 9.47 Å². The van der Waals surface area contributed by atoms with Crippen LogP contribution in [0.5, 0.6) is 0 Å². The average Bonchev–Trinajstić information content (AvgIpc) is 2.91. The molecule has 2 atom stereocenters. The number of nitrogens with zero attached hydrogens (tertiary/aromatic N) is 2. The fraction of sp³-hybridized carbons (Fsp3) is 0.400. The van der Waals surface area contributed by atoms with E-state index in [9.17, 15) is 0 Å². The van der Waals surface area contributed by atoms with Crippen LogP contribution in [0.4, 0.5) is 11.4 Å². The van der Waals surface area contributed by atoms with Gasteiger partial charge >= 0.3 is 0 Å². The van der Waals surface area contributed by atoms with Gasteiger partial charge in [0, 0.05) is 61.9 Å². The van der Waals surface area contributed by atoms with Gasteiger partial charge in [-0.25, -0.2) is 0 Å². The second kappa shape index (κ2) is 5.26. The Bertz CT molecular complexity index is 605. The molecule has 1 aliphatic rings. The zero-order valence-corrected chi connectivity index (χ0v) is 11.7. The predicted octanol–water partition coefficient (Wildman–Crippen LogP) is 1.67. The molecule has 1 aliphatic heterocycles. The summed E-state index contributed by atoms with van der Waals surface area (Å²) >= 11 is 0. The highest BCUT2D eigenvalue weighted by Crippen LogP contribution is 2.33. The molecule has 2 aromatic rings. The van der Waals surface area contributed by atoms with Crippen LogP contribution in [0.1, 0.15) is 0 Å². The molecule has 20 heavy (non-hydrogen) atoms. The summed E-state index contributed by atoms with van der Waals surface area (Å²) in [5.74, 6) is 0. The van der Waals surface area contributed by atoms with E-state index in [4.69, 9.17) is 15.2 Å². The lowest BCUT2D eigenvalue weighted by Crippen LogP contribution is -2.27. The number of hydrogen-bond donors (Lipinski definition) is 1. The average molecular weight is 273 g/mol. The Morgan fingerprint density at radius 2 is 1.80 bits per heavy atom. The molecular weight excluding hydrogens is 254 g/mol. The number of ether oxygens (including phenoxy) is 2. The molecule has 5 heteroatoms. The van der Waals surface area contributed by atoms with E-state index in [2.05, 4.69) is 16.0 Å². The Balaban J connectivity index is 2.01. The minimum atomic E-state index is 0.0921. The third-order valence-electron chi connectivity index (χ3n) is 3.99. The number of rotatable bonds is 3. The summed E-state index contributed by atoms with van der Waals surface area (Å²) in [5.41, 5.74) is 7.93. The van der Waals surface area contributed by atoms with Gasteiger partial charge in [0.2, 0.25) is 0 Å². The standard InChI is InChI=1S/C15H19N3O2/c1-19-14-8-18(9-15(14)20-2)13-4-3-12(16)11-7-17-6-5-10(11)13/h3-7,14-15H,8-9,16H2,1-2H3. The lowest BCUT2D eigenvalue weighted by Gasteiger charge is -2.20. The lowest BCUT2D eigenvalue weighted by molar-refractivity contribution is -0.00461. The number of fused-ring (bicyclic) bond motifs is 1. The number of hydrogen-bond acceptors (Lipinski definition) is 5. The van der Waals surface area contributed by atoms with Crippen LogP contribution in [0.3, 0.4) is 0 Å². The molecular formula is C15H19N3O2. The van der Waals surface area contributed by atoms with Crippen LogP contribution >= 0.6 is 0 Å². The first-order valence-corrected chi connectivity index (χ1v) is 6.67. The molecule has 1 aromatic heterocycles. The van der Waals surface area contributed by atoms with E-state index < -0.39 is 0 Å². The molecule has 1 saturated heterocycles. The normalized spacial score (nSPS) is 22.6. The molecule has 0 saturated carbocycles. The van der Waals surface area contributed by atoms with Crippen LogP contribution < -0.4 is 10.6 Å². The van der Waals surface area contributed by atoms with Crippen molar-refractivity contribution in [2.24, 2.45) is 0 Å². The highest BCUT2D eigenvalue weighted by molar-refractivity contribution is 6.00. The van der Waals surface area contributed by atoms with Crippen molar-refractivity contribution >= 4 is 22.1 Å². The Morgan fingerprint density at radius 1 is 1.10 bits per heavy atom. The Morgan fingerprint density at radius 3 is 2.45 bits per heavy atom. The number of nitrogen functional groups attached to an aromatic ring is 1. The second-order valence-corrected chi connectivity index (χ2v) is 5.05. The molecule has 0 radical (unpaired) electrons. The molecule has 0 aliphatic carbocycles. The van der Waals surface area contributed by atoms with Gasteiger partial charge in [0.05, 0.1) is 0 Å². The summed E-state index contributed by atoms with van der Waals surface area (Å²) < 4.78 is 11.0. The summed E-state index contributed by atoms with van der Waals surface area (Å²) in [4.78, 5) is 6.44. The van der Waals surface area contributed by atoms with Crippen molar-refractivity contribution in [2.75, 3.05) is 37.9 Å². The molecule has 0 bridgehead atoms. The van der Waals surface area contributed by atoms with Crippen molar-refractivity contribution < 1.29 is 9.47 Å². The summed E-state index contributed by atoms with van der Waals surface area (Å²) in [7, 11) is 3.45. The second-order valence-electron chi connectivity index (χ2n) is 5.05. The first kappa shape index (κ1) is 13.1. The van der Waals surface area contributed by atoms with Crippen LogP contribution in [0, 0.1) is 0 Å². The van der Waals surface area contributed by atoms with Gasteiger partial charge in [-0.3, -0.25) is 4.98 Å². The minimum absolute atomic E-state index is 0.0921. The highest BCUT2D eigenvalue weighted by Gasteiger charge is 2.33. The molecule has 1 fully saturated rings. The molecule has 1 aromatic carbocycles. The number of benzene rings is 1. The van der Waals surface area contributed by atoms with Crippen LogP contribution in [-0.4, -0.2) is 44.5 Å². The zero-order valence-electron chi connectivity index (χ0n) is 11.7. The van der Waals surface area contributed by atoms with E-state index in [0.29, 0.717) is 0 Å². The topological polar surface area (TPSA) is 60.6 Å². The number of nitrogens with two attached hydrogens (primary N) is 1. The van der Waals surface area contributed by atoms with Crippen molar-refractivity contribution in [2.45, 2.75) is 12.2 Å². The summed E-state index contributed by atoms with van der Waals surface area (Å²) in [6.07, 6.45) is 3.79. The maximum atomic E-state index is 6.02. The smallest absolute Gasteiger partial charge is 0.102 e. The third kappa shape index (κ3) is 2.09. The van der Waals surface area contributed by atoms with Crippen molar-refractivity contribution in [3.8, 4) is 0 Å². The lowest BCUT2D eigenvalue weighted by atomic mass is 10.1. The van der Waals surface area contributed by atoms with Crippen LogP contribution in [0.25, 0.3) is 10.8 Å². The maximum Gasteiger partial charge on any atom is 0.102 e. The fourth-order valence-electron chi connectivity index (χ4n) is 2.87. The molecule has 0 amide bonds. The van der Waals surface area contributed by atoms with Gasteiger partial charge in [0.15, 0.2) is 0 Å². The predicted molar refractivity (Wildman–Crippen MR) is 80.0 cm³/mol. The van der Waals surface area contributed by atoms with Crippen molar-refractivity contribution in [3.63, 3.8) is 0 Å². The van der Waals surface area contributed by atoms with Gasteiger partial charge in [0.1, 0.15) is 12.2 Å². The molecule has 2 N–H and O–H groups in total. The molecule has 2 heterocycles. The van der Waals surface area contributed by atoms with E-state index in [1.165, 1.54) is 0 Å². The van der Waals surface area contributed by atoms with Crippen LogP contribution in [0.15, 0.2) is 30.6 Å². The Hall–Kier alpha value is -1.85. The highest BCUT2D eigenvalue weighted by atomic mass is 16.5. The van der Waals surface area contributed by atoms with E-state index in [1.54, 1.807) is 20.4 Å². The molecule has 0 spiro atoms. The number of pyridine rings is 1. The molecule has 106 valence electrons. The Labute approximate surface area is 118 Å². The van der Waals surface area contributed by atoms with Crippen LogP contribution in [0.2, 0.25) is 0 Å². The molecule has 2 unspecified atom stereocenters. The van der Waals surface area contributed by atoms with Gasteiger partial charge in [-0.15, -0.1) is 0 Å². The SMILES string of the molecule is COC1CN(c2ccc(N)c3cnccc23)CC1OC.